The second-order valence-corrected chi connectivity index (χ2v) is 7.98. The van der Waals surface area contributed by atoms with Gasteiger partial charge in [0.15, 0.2) is 11.5 Å². The van der Waals surface area contributed by atoms with E-state index in [4.69, 9.17) is 9.47 Å². The third-order valence-corrected chi connectivity index (χ3v) is 5.62. The summed E-state index contributed by atoms with van der Waals surface area (Å²) in [6.45, 7) is 8.18. The van der Waals surface area contributed by atoms with Crippen molar-refractivity contribution in [2.75, 3.05) is 39.3 Å². The number of para-hydroxylation sites is 2. The maximum atomic E-state index is 12.8. The van der Waals surface area contributed by atoms with Crippen LogP contribution in [0.5, 0.6) is 11.5 Å². The predicted molar refractivity (Wildman–Crippen MR) is 106 cm³/mol. The summed E-state index contributed by atoms with van der Waals surface area (Å²) in [5.74, 6) is 0.966. The Kier molecular flexibility index (Phi) is 6.28. The van der Waals surface area contributed by atoms with Crippen molar-refractivity contribution in [2.24, 2.45) is 5.92 Å². The molecule has 0 aliphatic carbocycles. The van der Waals surface area contributed by atoms with Gasteiger partial charge in [-0.15, -0.1) is 0 Å². The first-order valence-electron chi connectivity index (χ1n) is 9.94. The van der Waals surface area contributed by atoms with E-state index in [0.29, 0.717) is 37.7 Å². The highest BCUT2D eigenvalue weighted by Gasteiger charge is 2.34. The van der Waals surface area contributed by atoms with E-state index in [9.17, 15) is 14.9 Å². The first-order chi connectivity index (χ1) is 13.8. The fourth-order valence-electron chi connectivity index (χ4n) is 3.30. The van der Waals surface area contributed by atoms with Crippen molar-refractivity contribution in [3.63, 3.8) is 0 Å². The number of ether oxygens (including phenoxy) is 2. The highest BCUT2D eigenvalue weighted by atomic mass is 16.6. The van der Waals surface area contributed by atoms with E-state index in [0.717, 1.165) is 0 Å². The molecular weight excluding hydrogens is 372 g/mol. The summed E-state index contributed by atoms with van der Waals surface area (Å²) in [6.07, 6.45) is -0.651. The van der Waals surface area contributed by atoms with E-state index in [1.807, 2.05) is 36.9 Å². The lowest BCUT2D eigenvalue weighted by atomic mass is 9.90. The molecule has 8 heteroatoms. The van der Waals surface area contributed by atoms with Gasteiger partial charge in [-0.05, 0) is 25.0 Å². The van der Waals surface area contributed by atoms with E-state index in [-0.39, 0.29) is 30.9 Å². The Bertz CT molecular complexity index is 798. The first-order valence-corrected chi connectivity index (χ1v) is 9.94. The number of hydrogen-bond donors (Lipinski definition) is 1. The molecule has 29 heavy (non-hydrogen) atoms. The Labute approximate surface area is 171 Å². The van der Waals surface area contributed by atoms with Gasteiger partial charge in [0, 0.05) is 26.2 Å². The summed E-state index contributed by atoms with van der Waals surface area (Å²) >= 11 is 0. The third-order valence-electron chi connectivity index (χ3n) is 5.62. The third kappa shape index (κ3) is 4.80. The van der Waals surface area contributed by atoms with E-state index in [1.54, 1.807) is 17.9 Å². The average Bonchev–Trinajstić information content (AvgIpc) is 2.73. The van der Waals surface area contributed by atoms with Crippen LogP contribution in [0.25, 0.3) is 0 Å². The summed E-state index contributed by atoms with van der Waals surface area (Å²) in [5, 5.41) is 12.2. The van der Waals surface area contributed by atoms with E-state index >= 15 is 0 Å². The Hall–Kier alpha value is -2.79. The monoisotopic (exact) mass is 400 g/mol. The molecule has 0 unspecified atom stereocenters. The zero-order valence-corrected chi connectivity index (χ0v) is 17.2. The number of nitrogens with zero attached hydrogens (tertiary/aromatic N) is 3. The molecule has 1 fully saturated rings. The van der Waals surface area contributed by atoms with Crippen molar-refractivity contribution in [3.05, 3.63) is 24.3 Å². The number of carbonyl (C=O) groups is 2. The second-order valence-electron chi connectivity index (χ2n) is 7.98. The van der Waals surface area contributed by atoms with Gasteiger partial charge >= 0.3 is 0 Å². The quantitative estimate of drug-likeness (QED) is 0.793. The van der Waals surface area contributed by atoms with Crippen molar-refractivity contribution < 1.29 is 19.1 Å². The molecule has 2 amide bonds. The molecule has 0 saturated carbocycles. The SMILES string of the molecule is CC(C)[C@@](C)(C#N)NC(=O)CN1CCN(C(=O)[C@@H]2COc3ccccc3O2)CC1. The zero-order chi connectivity index (χ0) is 21.0. The Morgan fingerprint density at radius 2 is 1.90 bits per heavy atom. The highest BCUT2D eigenvalue weighted by molar-refractivity contribution is 5.82. The average molecular weight is 400 g/mol. The molecule has 1 aromatic rings. The van der Waals surface area contributed by atoms with E-state index in [1.165, 1.54) is 0 Å². The molecule has 3 rings (SSSR count). The summed E-state index contributed by atoms with van der Waals surface area (Å²) in [4.78, 5) is 28.9. The maximum absolute atomic E-state index is 12.8. The van der Waals surface area contributed by atoms with Crippen molar-refractivity contribution >= 4 is 11.8 Å². The lowest BCUT2D eigenvalue weighted by molar-refractivity contribution is -0.143. The standard InChI is InChI=1S/C21H28N4O4/c1-15(2)21(3,14-22)23-19(26)12-24-8-10-25(11-9-24)20(27)18-13-28-16-6-4-5-7-17(16)29-18/h4-7,15,18H,8-13H2,1-3H3,(H,23,26)/t18-,21+/m0/s1. The first kappa shape index (κ1) is 20.9. The van der Waals surface area contributed by atoms with Gasteiger partial charge in [0.1, 0.15) is 12.1 Å². The molecule has 2 aliphatic heterocycles. The van der Waals surface area contributed by atoms with Gasteiger partial charge in [0.05, 0.1) is 12.6 Å². The van der Waals surface area contributed by atoms with Crippen LogP contribution >= 0.6 is 0 Å². The molecule has 0 bridgehead atoms. The lowest BCUT2D eigenvalue weighted by Gasteiger charge is -2.37. The van der Waals surface area contributed by atoms with Crippen LogP contribution in [0.15, 0.2) is 24.3 Å². The topological polar surface area (TPSA) is 94.9 Å². The lowest BCUT2D eigenvalue weighted by Crippen LogP contribution is -2.57. The molecule has 0 spiro atoms. The van der Waals surface area contributed by atoms with Crippen LogP contribution < -0.4 is 14.8 Å². The normalized spacial score (nSPS) is 21.2. The van der Waals surface area contributed by atoms with Gasteiger partial charge in [0.2, 0.25) is 12.0 Å². The Balaban J connectivity index is 1.48. The van der Waals surface area contributed by atoms with Crippen LogP contribution in [0.4, 0.5) is 0 Å². The van der Waals surface area contributed by atoms with Crippen LogP contribution in [-0.4, -0.2) is 72.6 Å². The van der Waals surface area contributed by atoms with Crippen molar-refractivity contribution in [2.45, 2.75) is 32.4 Å². The molecule has 1 saturated heterocycles. The Morgan fingerprint density at radius 1 is 1.24 bits per heavy atom. The molecule has 1 N–H and O–H groups in total. The number of carbonyl (C=O) groups excluding carboxylic acids is 2. The minimum Gasteiger partial charge on any atom is -0.485 e. The van der Waals surface area contributed by atoms with Gasteiger partial charge in [-0.2, -0.15) is 5.26 Å². The van der Waals surface area contributed by atoms with Crippen LogP contribution in [0, 0.1) is 17.2 Å². The summed E-state index contributed by atoms with van der Waals surface area (Å²) < 4.78 is 11.4. The number of nitrogens with one attached hydrogen (secondary N) is 1. The molecule has 1 aromatic carbocycles. The van der Waals surface area contributed by atoms with Crippen molar-refractivity contribution in [1.82, 2.24) is 15.1 Å². The van der Waals surface area contributed by atoms with Crippen LogP contribution in [0.2, 0.25) is 0 Å². The zero-order valence-electron chi connectivity index (χ0n) is 17.2. The van der Waals surface area contributed by atoms with E-state index in [2.05, 4.69) is 11.4 Å². The summed E-state index contributed by atoms with van der Waals surface area (Å²) in [7, 11) is 0. The number of fused-ring (bicyclic) bond motifs is 1. The number of piperazine rings is 1. The summed E-state index contributed by atoms with van der Waals surface area (Å²) in [5.41, 5.74) is -0.885. The van der Waals surface area contributed by atoms with Crippen molar-refractivity contribution in [3.8, 4) is 17.6 Å². The van der Waals surface area contributed by atoms with Crippen molar-refractivity contribution in [1.29, 1.82) is 5.26 Å². The number of benzene rings is 1. The number of amides is 2. The fourth-order valence-corrected chi connectivity index (χ4v) is 3.30. The second kappa shape index (κ2) is 8.70. The van der Waals surface area contributed by atoms with Gasteiger partial charge in [0.25, 0.3) is 5.91 Å². The predicted octanol–water partition coefficient (Wildman–Crippen LogP) is 1.03. The number of hydrogen-bond acceptors (Lipinski definition) is 6. The molecule has 2 heterocycles. The minimum absolute atomic E-state index is 0.00811. The van der Waals surface area contributed by atoms with Crippen LogP contribution in [0.1, 0.15) is 20.8 Å². The highest BCUT2D eigenvalue weighted by Crippen LogP contribution is 2.31. The molecule has 8 nitrogen and oxygen atoms in total. The number of nitriles is 1. The molecule has 2 atom stereocenters. The van der Waals surface area contributed by atoms with Crippen LogP contribution in [0.3, 0.4) is 0 Å². The molecule has 0 aromatic heterocycles. The largest absolute Gasteiger partial charge is 0.485 e. The Morgan fingerprint density at radius 3 is 2.52 bits per heavy atom. The van der Waals surface area contributed by atoms with Gasteiger partial charge in [-0.3, -0.25) is 14.5 Å². The van der Waals surface area contributed by atoms with Gasteiger partial charge in [-0.1, -0.05) is 26.0 Å². The van der Waals surface area contributed by atoms with Crippen LogP contribution in [-0.2, 0) is 9.59 Å². The fraction of sp³-hybridized carbons (Fsp3) is 0.571. The van der Waals surface area contributed by atoms with Gasteiger partial charge in [-0.25, -0.2) is 0 Å². The molecule has 156 valence electrons. The number of rotatable bonds is 5. The molecule has 2 aliphatic rings. The van der Waals surface area contributed by atoms with Gasteiger partial charge < -0.3 is 19.7 Å². The minimum atomic E-state index is -0.885. The molecule has 0 radical (unpaired) electrons. The molecular formula is C21H28N4O4. The smallest absolute Gasteiger partial charge is 0.267 e. The van der Waals surface area contributed by atoms with E-state index < -0.39 is 11.6 Å². The summed E-state index contributed by atoms with van der Waals surface area (Å²) in [6, 6.07) is 9.49. The maximum Gasteiger partial charge on any atom is 0.267 e.